The van der Waals surface area contributed by atoms with E-state index < -0.39 is 0 Å². The minimum atomic E-state index is 0.00657. The molecule has 1 aliphatic rings. The molecule has 1 N–H and O–H groups in total. The molecule has 3 heteroatoms. The standard InChI is InChI=1S/C10H13NO2/c1-11-5-6-13-10(11)8-3-2-4-9(12)7-8/h2-4,7,10,12H,5-6H2,1H3. The fourth-order valence-electron chi connectivity index (χ4n) is 1.58. The Kier molecular flexibility index (Phi) is 2.20. The van der Waals surface area contributed by atoms with Gasteiger partial charge >= 0.3 is 0 Å². The number of ether oxygens (including phenoxy) is 1. The van der Waals surface area contributed by atoms with Gasteiger partial charge in [0.05, 0.1) is 6.61 Å². The van der Waals surface area contributed by atoms with Crippen LogP contribution in [0, 0.1) is 0 Å². The zero-order valence-corrected chi connectivity index (χ0v) is 7.60. The first-order valence-corrected chi connectivity index (χ1v) is 4.38. The fourth-order valence-corrected chi connectivity index (χ4v) is 1.58. The summed E-state index contributed by atoms with van der Waals surface area (Å²) in [6.07, 6.45) is 0.00657. The summed E-state index contributed by atoms with van der Waals surface area (Å²) in [6, 6.07) is 7.21. The van der Waals surface area contributed by atoms with Crippen LogP contribution < -0.4 is 0 Å². The predicted molar refractivity (Wildman–Crippen MR) is 49.4 cm³/mol. The number of benzene rings is 1. The summed E-state index contributed by atoms with van der Waals surface area (Å²) >= 11 is 0. The van der Waals surface area contributed by atoms with Crippen molar-refractivity contribution in [2.45, 2.75) is 6.23 Å². The normalized spacial score (nSPS) is 23.6. The molecule has 0 aromatic heterocycles. The van der Waals surface area contributed by atoms with Crippen molar-refractivity contribution in [1.29, 1.82) is 0 Å². The molecule has 1 atom stereocenters. The van der Waals surface area contributed by atoms with Gasteiger partial charge in [-0.05, 0) is 24.7 Å². The maximum Gasteiger partial charge on any atom is 0.136 e. The predicted octanol–water partition coefficient (Wildman–Crippen LogP) is 1.35. The first-order valence-electron chi connectivity index (χ1n) is 4.38. The molecule has 1 aliphatic heterocycles. The summed E-state index contributed by atoms with van der Waals surface area (Å²) in [7, 11) is 2.02. The minimum absolute atomic E-state index is 0.00657. The summed E-state index contributed by atoms with van der Waals surface area (Å²) in [5.41, 5.74) is 1.01. The highest BCUT2D eigenvalue weighted by atomic mass is 16.5. The van der Waals surface area contributed by atoms with E-state index >= 15 is 0 Å². The Bertz CT molecular complexity index is 301. The minimum Gasteiger partial charge on any atom is -0.508 e. The largest absolute Gasteiger partial charge is 0.508 e. The van der Waals surface area contributed by atoms with E-state index in [0.29, 0.717) is 5.75 Å². The lowest BCUT2D eigenvalue weighted by Gasteiger charge is -2.18. The lowest BCUT2D eigenvalue weighted by atomic mass is 10.2. The second kappa shape index (κ2) is 3.36. The zero-order chi connectivity index (χ0) is 9.26. The highest BCUT2D eigenvalue weighted by Gasteiger charge is 2.23. The van der Waals surface area contributed by atoms with E-state index in [4.69, 9.17) is 4.74 Å². The summed E-state index contributed by atoms with van der Waals surface area (Å²) in [5.74, 6) is 0.293. The summed E-state index contributed by atoms with van der Waals surface area (Å²) in [6.45, 7) is 1.71. The van der Waals surface area contributed by atoms with Gasteiger partial charge in [-0.25, -0.2) is 0 Å². The number of rotatable bonds is 1. The first kappa shape index (κ1) is 8.53. The SMILES string of the molecule is CN1CCOC1c1cccc(O)c1. The van der Waals surface area contributed by atoms with Crippen molar-refractivity contribution >= 4 is 0 Å². The molecular weight excluding hydrogens is 166 g/mol. The number of aromatic hydroxyl groups is 1. The molecule has 0 saturated carbocycles. The van der Waals surface area contributed by atoms with Crippen molar-refractivity contribution in [2.24, 2.45) is 0 Å². The van der Waals surface area contributed by atoms with Gasteiger partial charge in [-0.1, -0.05) is 12.1 Å². The smallest absolute Gasteiger partial charge is 0.136 e. The number of nitrogens with zero attached hydrogens (tertiary/aromatic N) is 1. The van der Waals surface area contributed by atoms with Crippen molar-refractivity contribution in [3.05, 3.63) is 29.8 Å². The van der Waals surface area contributed by atoms with Gasteiger partial charge in [-0.2, -0.15) is 0 Å². The van der Waals surface area contributed by atoms with Gasteiger partial charge in [-0.15, -0.1) is 0 Å². The molecule has 13 heavy (non-hydrogen) atoms. The quantitative estimate of drug-likeness (QED) is 0.706. The molecular formula is C10H13NO2. The Morgan fingerprint density at radius 3 is 3.00 bits per heavy atom. The van der Waals surface area contributed by atoms with E-state index in [1.807, 2.05) is 19.2 Å². The Morgan fingerprint density at radius 1 is 1.54 bits per heavy atom. The van der Waals surface area contributed by atoms with Gasteiger partial charge in [0.25, 0.3) is 0 Å². The maximum absolute atomic E-state index is 9.29. The van der Waals surface area contributed by atoms with E-state index in [0.717, 1.165) is 18.7 Å². The summed E-state index contributed by atoms with van der Waals surface area (Å²) < 4.78 is 5.52. The molecule has 1 saturated heterocycles. The van der Waals surface area contributed by atoms with E-state index in [2.05, 4.69) is 4.90 Å². The molecule has 0 bridgehead atoms. The fraction of sp³-hybridized carbons (Fsp3) is 0.400. The molecule has 70 valence electrons. The van der Waals surface area contributed by atoms with Crippen molar-refractivity contribution in [1.82, 2.24) is 4.90 Å². The van der Waals surface area contributed by atoms with E-state index in [9.17, 15) is 5.11 Å². The van der Waals surface area contributed by atoms with Crippen LogP contribution in [-0.4, -0.2) is 30.2 Å². The molecule has 1 unspecified atom stereocenters. The van der Waals surface area contributed by atoms with Crippen LogP contribution >= 0.6 is 0 Å². The van der Waals surface area contributed by atoms with Crippen LogP contribution in [0.5, 0.6) is 5.75 Å². The van der Waals surface area contributed by atoms with Crippen molar-refractivity contribution in [3.8, 4) is 5.75 Å². The van der Waals surface area contributed by atoms with E-state index in [-0.39, 0.29) is 6.23 Å². The third-order valence-electron chi connectivity index (χ3n) is 2.28. The van der Waals surface area contributed by atoms with Gasteiger partial charge in [0.1, 0.15) is 12.0 Å². The second-order valence-corrected chi connectivity index (χ2v) is 3.30. The number of phenolic OH excluding ortho intramolecular Hbond substituents is 1. The Balaban J connectivity index is 2.24. The highest BCUT2D eigenvalue weighted by Crippen LogP contribution is 2.26. The third-order valence-corrected chi connectivity index (χ3v) is 2.28. The molecule has 0 spiro atoms. The number of phenols is 1. The van der Waals surface area contributed by atoms with Crippen molar-refractivity contribution in [2.75, 3.05) is 20.2 Å². The lowest BCUT2D eigenvalue weighted by molar-refractivity contribution is 0.0452. The van der Waals surface area contributed by atoms with Crippen LogP contribution in [0.4, 0.5) is 0 Å². The van der Waals surface area contributed by atoms with Crippen molar-refractivity contribution < 1.29 is 9.84 Å². The van der Waals surface area contributed by atoms with Crippen LogP contribution in [0.15, 0.2) is 24.3 Å². The van der Waals surface area contributed by atoms with Gasteiger partial charge < -0.3 is 9.84 Å². The third kappa shape index (κ3) is 1.66. The summed E-state index contributed by atoms with van der Waals surface area (Å²) in [4.78, 5) is 2.12. The first-order chi connectivity index (χ1) is 6.27. The van der Waals surface area contributed by atoms with Gasteiger partial charge in [-0.3, -0.25) is 4.90 Å². The molecule has 0 aliphatic carbocycles. The highest BCUT2D eigenvalue weighted by molar-refractivity contribution is 5.28. The van der Waals surface area contributed by atoms with E-state index in [1.165, 1.54) is 0 Å². The second-order valence-electron chi connectivity index (χ2n) is 3.30. The number of hydrogen-bond donors (Lipinski definition) is 1. The Labute approximate surface area is 77.6 Å². The Morgan fingerprint density at radius 2 is 2.38 bits per heavy atom. The molecule has 1 aromatic carbocycles. The van der Waals surface area contributed by atoms with Gasteiger partial charge in [0, 0.05) is 6.54 Å². The van der Waals surface area contributed by atoms with Crippen molar-refractivity contribution in [3.63, 3.8) is 0 Å². The van der Waals surface area contributed by atoms with Gasteiger partial charge in [0.2, 0.25) is 0 Å². The van der Waals surface area contributed by atoms with Crippen LogP contribution in [0.2, 0.25) is 0 Å². The van der Waals surface area contributed by atoms with Gasteiger partial charge in [0.15, 0.2) is 0 Å². The molecule has 0 radical (unpaired) electrons. The average Bonchev–Trinajstić information content (AvgIpc) is 2.51. The molecule has 1 fully saturated rings. The number of hydrogen-bond acceptors (Lipinski definition) is 3. The molecule has 0 amide bonds. The van der Waals surface area contributed by atoms with Crippen LogP contribution in [-0.2, 0) is 4.74 Å². The maximum atomic E-state index is 9.29. The monoisotopic (exact) mass is 179 g/mol. The van der Waals surface area contributed by atoms with E-state index in [1.54, 1.807) is 12.1 Å². The van der Waals surface area contributed by atoms with Crippen LogP contribution in [0.25, 0.3) is 0 Å². The molecule has 1 heterocycles. The molecule has 2 rings (SSSR count). The lowest BCUT2D eigenvalue weighted by Crippen LogP contribution is -2.18. The zero-order valence-electron chi connectivity index (χ0n) is 7.60. The number of likely N-dealkylation sites (N-methyl/N-ethyl adjacent to an activating group) is 1. The average molecular weight is 179 g/mol. The Hall–Kier alpha value is -1.06. The van der Waals surface area contributed by atoms with Crippen LogP contribution in [0.3, 0.4) is 0 Å². The molecule has 1 aromatic rings. The summed E-state index contributed by atoms with van der Waals surface area (Å²) in [5, 5.41) is 9.29. The van der Waals surface area contributed by atoms with Crippen LogP contribution in [0.1, 0.15) is 11.8 Å². The topological polar surface area (TPSA) is 32.7 Å². The molecule has 3 nitrogen and oxygen atoms in total.